The number of carbonyl (C=O) groups excluding carboxylic acids is 3. The fraction of sp³-hybridized carbons (Fsp3) is 0.316. The molecule has 4 unspecified atom stereocenters. The number of nitrogens with one attached hydrogen (secondary N) is 2. The smallest absolute Gasteiger partial charge is 0.308 e. The van der Waals surface area contributed by atoms with Gasteiger partial charge in [0.25, 0.3) is 0 Å². The summed E-state index contributed by atoms with van der Waals surface area (Å²) in [4.78, 5) is 39.0. The van der Waals surface area contributed by atoms with Gasteiger partial charge in [-0.3, -0.25) is 19.8 Å². The Balaban J connectivity index is 1.28. The van der Waals surface area contributed by atoms with Crippen molar-refractivity contribution >= 4 is 45.7 Å². The molecule has 9 heteroatoms. The van der Waals surface area contributed by atoms with Crippen LogP contribution in [-0.2, 0) is 9.59 Å². The second kappa shape index (κ2) is 6.23. The molecule has 5 rings (SSSR count). The van der Waals surface area contributed by atoms with E-state index >= 15 is 0 Å². The molecule has 8 nitrogen and oxygen atoms in total. The van der Waals surface area contributed by atoms with Gasteiger partial charge in [0.05, 0.1) is 17.5 Å². The van der Waals surface area contributed by atoms with Crippen LogP contribution in [0.1, 0.15) is 11.4 Å². The van der Waals surface area contributed by atoms with Gasteiger partial charge in [0.15, 0.2) is 0 Å². The minimum atomic E-state index is -0.436. The molecular formula is C19H17N5O3S. The Kier molecular flexibility index (Phi) is 3.80. The topological polar surface area (TPSA) is 104 Å². The molecule has 2 aliphatic carbocycles. The first kappa shape index (κ1) is 17.1. The third-order valence-electron chi connectivity index (χ3n) is 5.60. The van der Waals surface area contributed by atoms with Gasteiger partial charge in [0, 0.05) is 5.69 Å². The maximum Gasteiger partial charge on any atom is 0.325 e. The molecule has 2 N–H and O–H groups in total. The van der Waals surface area contributed by atoms with Crippen molar-refractivity contribution in [2.75, 3.05) is 15.5 Å². The number of rotatable bonds is 3. The summed E-state index contributed by atoms with van der Waals surface area (Å²) < 4.78 is 0. The van der Waals surface area contributed by atoms with Gasteiger partial charge < -0.3 is 5.32 Å². The Labute approximate surface area is 164 Å². The zero-order valence-electron chi connectivity index (χ0n) is 15.0. The summed E-state index contributed by atoms with van der Waals surface area (Å²) in [6.45, 7) is 1.80. The summed E-state index contributed by atoms with van der Waals surface area (Å²) in [5.41, 5.74) is 1.08. The minimum Gasteiger partial charge on any atom is -0.308 e. The number of nitrogens with zero attached hydrogens (tertiary/aromatic N) is 3. The van der Waals surface area contributed by atoms with Gasteiger partial charge in [-0.1, -0.05) is 23.5 Å². The van der Waals surface area contributed by atoms with Gasteiger partial charge in [-0.15, -0.1) is 10.2 Å². The molecule has 2 heterocycles. The lowest BCUT2D eigenvalue weighted by atomic mass is 9.85. The number of allylic oxidation sites excluding steroid dienone is 2. The van der Waals surface area contributed by atoms with Crippen LogP contribution in [0, 0.1) is 30.6 Å². The van der Waals surface area contributed by atoms with Crippen molar-refractivity contribution in [1.82, 2.24) is 10.2 Å². The van der Waals surface area contributed by atoms with E-state index in [0.29, 0.717) is 16.5 Å². The highest BCUT2D eigenvalue weighted by atomic mass is 32.1. The van der Waals surface area contributed by atoms with Crippen LogP contribution >= 0.6 is 11.3 Å². The molecular weight excluding hydrogens is 378 g/mol. The monoisotopic (exact) mass is 395 g/mol. The fourth-order valence-electron chi connectivity index (χ4n) is 4.46. The minimum absolute atomic E-state index is 0.114. The summed E-state index contributed by atoms with van der Waals surface area (Å²) in [5, 5.41) is 14.1. The molecule has 0 spiro atoms. The van der Waals surface area contributed by atoms with E-state index in [-0.39, 0.29) is 35.5 Å². The number of hydrogen-bond donors (Lipinski definition) is 2. The van der Waals surface area contributed by atoms with E-state index in [1.807, 2.05) is 0 Å². The number of urea groups is 1. The van der Waals surface area contributed by atoms with Crippen molar-refractivity contribution in [2.24, 2.45) is 23.7 Å². The van der Waals surface area contributed by atoms with E-state index in [1.54, 1.807) is 31.2 Å². The van der Waals surface area contributed by atoms with Crippen molar-refractivity contribution in [2.45, 2.75) is 13.3 Å². The van der Waals surface area contributed by atoms with Crippen LogP contribution in [0.25, 0.3) is 0 Å². The van der Waals surface area contributed by atoms with Gasteiger partial charge in [0.1, 0.15) is 5.01 Å². The van der Waals surface area contributed by atoms with E-state index in [4.69, 9.17) is 0 Å². The Hall–Kier alpha value is -3.07. The second-order valence-corrected chi connectivity index (χ2v) is 8.45. The first-order valence-electron chi connectivity index (χ1n) is 9.05. The highest BCUT2D eigenvalue weighted by molar-refractivity contribution is 7.15. The Morgan fingerprint density at radius 3 is 2.25 bits per heavy atom. The number of hydrogen-bond acceptors (Lipinski definition) is 6. The fourth-order valence-corrected chi connectivity index (χ4v) is 5.04. The molecule has 0 radical (unpaired) electrons. The van der Waals surface area contributed by atoms with Crippen molar-refractivity contribution in [3.05, 3.63) is 41.4 Å². The summed E-state index contributed by atoms with van der Waals surface area (Å²) in [7, 11) is 0. The first-order valence-corrected chi connectivity index (χ1v) is 9.87. The average molecular weight is 395 g/mol. The van der Waals surface area contributed by atoms with E-state index < -0.39 is 6.03 Å². The molecule has 1 aromatic heterocycles. The third-order valence-corrected chi connectivity index (χ3v) is 6.35. The molecule has 1 aliphatic heterocycles. The van der Waals surface area contributed by atoms with Crippen LogP contribution in [0.3, 0.4) is 0 Å². The Morgan fingerprint density at radius 2 is 1.68 bits per heavy atom. The van der Waals surface area contributed by atoms with Crippen LogP contribution in [0.5, 0.6) is 0 Å². The van der Waals surface area contributed by atoms with Crippen LogP contribution in [0.2, 0.25) is 0 Å². The summed E-state index contributed by atoms with van der Waals surface area (Å²) in [6, 6.07) is 6.26. The summed E-state index contributed by atoms with van der Waals surface area (Å²) >= 11 is 1.28. The predicted molar refractivity (Wildman–Crippen MR) is 104 cm³/mol. The van der Waals surface area contributed by atoms with Gasteiger partial charge in [-0.2, -0.15) is 0 Å². The van der Waals surface area contributed by atoms with Gasteiger partial charge in [-0.25, -0.2) is 4.79 Å². The highest BCUT2D eigenvalue weighted by Crippen LogP contribution is 2.53. The quantitative estimate of drug-likeness (QED) is 0.614. The molecule has 2 bridgehead atoms. The summed E-state index contributed by atoms with van der Waals surface area (Å²) in [6.07, 6.45) is 5.06. The molecule has 142 valence electrons. The van der Waals surface area contributed by atoms with Crippen LogP contribution in [-0.4, -0.2) is 28.0 Å². The number of aromatic nitrogens is 2. The first-order chi connectivity index (χ1) is 13.5. The maximum absolute atomic E-state index is 12.8. The number of amides is 4. The van der Waals surface area contributed by atoms with E-state index in [0.717, 1.165) is 11.4 Å². The van der Waals surface area contributed by atoms with Crippen LogP contribution in [0.15, 0.2) is 36.4 Å². The number of benzene rings is 1. The average Bonchev–Trinajstić information content (AvgIpc) is 3.42. The molecule has 1 saturated carbocycles. The zero-order valence-corrected chi connectivity index (χ0v) is 15.8. The van der Waals surface area contributed by atoms with Gasteiger partial charge in [0.2, 0.25) is 16.9 Å². The number of fused-ring (bicyclic) bond motifs is 5. The highest BCUT2D eigenvalue weighted by Gasteiger charge is 2.59. The number of anilines is 3. The van der Waals surface area contributed by atoms with E-state index in [9.17, 15) is 14.4 Å². The summed E-state index contributed by atoms with van der Waals surface area (Å²) in [5.74, 6) is -0.299. The van der Waals surface area contributed by atoms with E-state index in [2.05, 4.69) is 33.0 Å². The van der Waals surface area contributed by atoms with Crippen LogP contribution in [0.4, 0.5) is 21.3 Å². The largest absolute Gasteiger partial charge is 0.325 e. The van der Waals surface area contributed by atoms with Crippen molar-refractivity contribution in [3.63, 3.8) is 0 Å². The Morgan fingerprint density at radius 1 is 1.04 bits per heavy atom. The molecule has 2 aromatic rings. The normalized spacial score (nSPS) is 27.4. The maximum atomic E-state index is 12.8. The molecule has 4 amide bonds. The van der Waals surface area contributed by atoms with Crippen molar-refractivity contribution in [1.29, 1.82) is 0 Å². The standard InChI is InChI=1S/C19H17N5O3S/c1-9-22-23-19(28-9)21-18(27)20-12-4-6-13(7-5-12)24-16(25)14-10-2-3-11(8-10)15(14)17(24)26/h2-7,10-11,14-15H,8H2,1H3,(H2,20,21,23,27). The number of carbonyl (C=O) groups is 3. The molecule has 1 saturated heterocycles. The van der Waals surface area contributed by atoms with Crippen LogP contribution < -0.4 is 15.5 Å². The second-order valence-electron chi connectivity index (χ2n) is 7.26. The van der Waals surface area contributed by atoms with E-state index in [1.165, 1.54) is 16.2 Å². The lowest BCUT2D eigenvalue weighted by Crippen LogP contribution is -2.32. The number of imide groups is 1. The third kappa shape index (κ3) is 2.62. The Bertz CT molecular complexity index is 985. The van der Waals surface area contributed by atoms with Crippen molar-refractivity contribution in [3.8, 4) is 0 Å². The van der Waals surface area contributed by atoms with Crippen molar-refractivity contribution < 1.29 is 14.4 Å². The SMILES string of the molecule is Cc1nnc(NC(=O)Nc2ccc(N3C(=O)C4C5C=CC(C5)C4C3=O)cc2)s1. The molecule has 28 heavy (non-hydrogen) atoms. The lowest BCUT2D eigenvalue weighted by Gasteiger charge is -2.17. The predicted octanol–water partition coefficient (Wildman–Crippen LogP) is 2.80. The van der Waals surface area contributed by atoms with Gasteiger partial charge in [-0.05, 0) is 49.4 Å². The lowest BCUT2D eigenvalue weighted by molar-refractivity contribution is -0.123. The zero-order chi connectivity index (χ0) is 19.4. The number of aryl methyl sites for hydroxylation is 1. The molecule has 1 aromatic carbocycles. The molecule has 3 aliphatic rings. The molecule has 4 atom stereocenters. The van der Waals surface area contributed by atoms with Gasteiger partial charge >= 0.3 is 6.03 Å². The molecule has 2 fully saturated rings.